The van der Waals surface area contributed by atoms with E-state index in [0.29, 0.717) is 11.8 Å². The Balaban J connectivity index is 2.54. The Morgan fingerprint density at radius 3 is 2.41 bits per heavy atom. The van der Waals surface area contributed by atoms with Gasteiger partial charge in [0.05, 0.1) is 0 Å². The first kappa shape index (κ1) is 14.5. The molecule has 0 aliphatic rings. The smallest absolute Gasteiger partial charge is 0.0271 e. The third kappa shape index (κ3) is 5.09. The minimum absolute atomic E-state index is 0.667. The number of pyridine rings is 1. The van der Waals surface area contributed by atoms with Crippen LogP contribution in [0.1, 0.15) is 26.3 Å². The molecule has 0 saturated carbocycles. The minimum atomic E-state index is 0.667. The predicted octanol–water partition coefficient (Wildman–Crippen LogP) is 3.11. The van der Waals surface area contributed by atoms with E-state index in [2.05, 4.69) is 55.4 Å². The molecule has 1 atom stereocenters. The molecule has 0 fully saturated rings. The van der Waals surface area contributed by atoms with Crippen LogP contribution < -0.4 is 0 Å². The first-order valence-corrected chi connectivity index (χ1v) is 7.02. The largest absolute Gasteiger partial charge is 0.299 e. The van der Waals surface area contributed by atoms with Gasteiger partial charge < -0.3 is 0 Å². The first-order valence-electron chi connectivity index (χ1n) is 6.39. The number of thiol groups is 1. The molecule has 0 radical (unpaired) electrons. The number of hydrogen-bond donors (Lipinski definition) is 1. The van der Waals surface area contributed by atoms with Gasteiger partial charge in [0, 0.05) is 25.5 Å². The van der Waals surface area contributed by atoms with Crippen molar-refractivity contribution >= 4 is 12.6 Å². The Labute approximate surface area is 111 Å². The van der Waals surface area contributed by atoms with Crippen molar-refractivity contribution in [1.29, 1.82) is 0 Å². The highest BCUT2D eigenvalue weighted by Crippen LogP contribution is 2.15. The van der Waals surface area contributed by atoms with Crippen LogP contribution >= 0.6 is 12.6 Å². The molecule has 1 rings (SSSR count). The summed E-state index contributed by atoms with van der Waals surface area (Å²) in [4.78, 5) is 6.54. The third-order valence-corrected chi connectivity index (χ3v) is 3.74. The molecule has 96 valence electrons. The van der Waals surface area contributed by atoms with Gasteiger partial charge in [0.2, 0.25) is 0 Å². The Morgan fingerprint density at radius 1 is 1.29 bits per heavy atom. The lowest BCUT2D eigenvalue weighted by atomic mass is 9.97. The molecular formula is C14H24N2S. The fourth-order valence-corrected chi connectivity index (χ4v) is 2.40. The molecular weight excluding hydrogens is 228 g/mol. The highest BCUT2D eigenvalue weighted by molar-refractivity contribution is 7.80. The van der Waals surface area contributed by atoms with Gasteiger partial charge in [-0.05, 0) is 41.8 Å². The van der Waals surface area contributed by atoms with Gasteiger partial charge in [-0.15, -0.1) is 0 Å². The van der Waals surface area contributed by atoms with E-state index in [1.807, 2.05) is 12.4 Å². The van der Waals surface area contributed by atoms with Crippen molar-refractivity contribution in [3.05, 3.63) is 30.1 Å². The van der Waals surface area contributed by atoms with E-state index in [1.165, 1.54) is 5.56 Å². The maximum atomic E-state index is 4.46. The van der Waals surface area contributed by atoms with Crippen LogP contribution in [0, 0.1) is 11.8 Å². The number of nitrogens with zero attached hydrogens (tertiary/aromatic N) is 2. The molecule has 3 heteroatoms. The number of aromatic nitrogens is 1. The summed E-state index contributed by atoms with van der Waals surface area (Å²) in [5, 5.41) is 0. The molecule has 0 saturated heterocycles. The molecule has 1 aromatic rings. The maximum absolute atomic E-state index is 4.46. The molecule has 2 nitrogen and oxygen atoms in total. The van der Waals surface area contributed by atoms with E-state index in [4.69, 9.17) is 0 Å². The van der Waals surface area contributed by atoms with Crippen molar-refractivity contribution in [2.75, 3.05) is 18.8 Å². The summed E-state index contributed by atoms with van der Waals surface area (Å²) in [6.07, 6.45) is 3.73. The van der Waals surface area contributed by atoms with Crippen LogP contribution in [0.4, 0.5) is 0 Å². The van der Waals surface area contributed by atoms with Crippen LogP contribution in [0.3, 0.4) is 0 Å². The van der Waals surface area contributed by atoms with E-state index >= 15 is 0 Å². The van der Waals surface area contributed by atoms with Crippen LogP contribution in [0.15, 0.2) is 24.5 Å². The average Bonchev–Trinajstić information content (AvgIpc) is 2.35. The molecule has 0 aromatic carbocycles. The molecule has 1 aromatic heterocycles. The normalized spacial score (nSPS) is 13.3. The predicted molar refractivity (Wildman–Crippen MR) is 77.4 cm³/mol. The summed E-state index contributed by atoms with van der Waals surface area (Å²) in [5.74, 6) is 2.32. The molecule has 0 spiro atoms. The molecule has 1 unspecified atom stereocenters. The molecule has 0 amide bonds. The van der Waals surface area contributed by atoms with Crippen LogP contribution in [0.2, 0.25) is 0 Å². The summed E-state index contributed by atoms with van der Waals surface area (Å²) < 4.78 is 0. The van der Waals surface area contributed by atoms with Crippen LogP contribution in [0.5, 0.6) is 0 Å². The number of hydrogen-bond acceptors (Lipinski definition) is 3. The fourth-order valence-electron chi connectivity index (χ4n) is 1.86. The maximum Gasteiger partial charge on any atom is 0.0271 e. The molecule has 1 heterocycles. The topological polar surface area (TPSA) is 16.1 Å². The zero-order valence-electron chi connectivity index (χ0n) is 11.1. The second-order valence-electron chi connectivity index (χ2n) is 4.87. The van der Waals surface area contributed by atoms with Crippen LogP contribution in [0.25, 0.3) is 0 Å². The van der Waals surface area contributed by atoms with E-state index in [1.54, 1.807) is 0 Å². The zero-order chi connectivity index (χ0) is 12.7. The Bertz CT molecular complexity index is 300. The van der Waals surface area contributed by atoms with Gasteiger partial charge in [-0.25, -0.2) is 0 Å². The van der Waals surface area contributed by atoms with E-state index in [0.717, 1.165) is 25.4 Å². The van der Waals surface area contributed by atoms with Crippen molar-refractivity contribution in [2.24, 2.45) is 11.8 Å². The van der Waals surface area contributed by atoms with Crippen LogP contribution in [-0.4, -0.2) is 28.7 Å². The van der Waals surface area contributed by atoms with Crippen molar-refractivity contribution in [3.8, 4) is 0 Å². The quantitative estimate of drug-likeness (QED) is 0.751. The standard InChI is InChI=1S/C14H24N2S/c1-4-16(10-14(11-17)12(2)3)9-13-5-7-15-8-6-13/h5-8,12,14,17H,4,9-11H2,1-3H3. The van der Waals surface area contributed by atoms with E-state index < -0.39 is 0 Å². The second-order valence-corrected chi connectivity index (χ2v) is 5.24. The molecule has 0 aliphatic carbocycles. The van der Waals surface area contributed by atoms with Gasteiger partial charge in [-0.3, -0.25) is 9.88 Å². The van der Waals surface area contributed by atoms with Gasteiger partial charge in [-0.1, -0.05) is 20.8 Å². The van der Waals surface area contributed by atoms with Crippen molar-refractivity contribution in [3.63, 3.8) is 0 Å². The summed E-state index contributed by atoms with van der Waals surface area (Å²) in [6, 6.07) is 4.18. The van der Waals surface area contributed by atoms with Crippen molar-refractivity contribution in [1.82, 2.24) is 9.88 Å². The molecule has 17 heavy (non-hydrogen) atoms. The zero-order valence-corrected chi connectivity index (χ0v) is 12.0. The Hall–Kier alpha value is -0.540. The minimum Gasteiger partial charge on any atom is -0.299 e. The summed E-state index contributed by atoms with van der Waals surface area (Å²) in [7, 11) is 0. The van der Waals surface area contributed by atoms with E-state index in [-0.39, 0.29) is 0 Å². The first-order chi connectivity index (χ1) is 8.17. The van der Waals surface area contributed by atoms with Crippen molar-refractivity contribution < 1.29 is 0 Å². The van der Waals surface area contributed by atoms with Gasteiger partial charge in [0.15, 0.2) is 0 Å². The van der Waals surface area contributed by atoms with Gasteiger partial charge in [0.25, 0.3) is 0 Å². The molecule has 0 bridgehead atoms. The number of rotatable bonds is 7. The lowest BCUT2D eigenvalue weighted by Gasteiger charge is -2.27. The second kappa shape index (κ2) is 7.72. The van der Waals surface area contributed by atoms with Gasteiger partial charge in [0.1, 0.15) is 0 Å². The highest BCUT2D eigenvalue weighted by atomic mass is 32.1. The van der Waals surface area contributed by atoms with Crippen molar-refractivity contribution in [2.45, 2.75) is 27.3 Å². The summed E-state index contributed by atoms with van der Waals surface area (Å²) >= 11 is 4.46. The van der Waals surface area contributed by atoms with E-state index in [9.17, 15) is 0 Å². The van der Waals surface area contributed by atoms with Crippen LogP contribution in [-0.2, 0) is 6.54 Å². The molecule has 0 N–H and O–H groups in total. The monoisotopic (exact) mass is 252 g/mol. The van der Waals surface area contributed by atoms with Gasteiger partial charge >= 0.3 is 0 Å². The SMILES string of the molecule is CCN(Cc1ccncc1)CC(CS)C(C)C. The average molecular weight is 252 g/mol. The Kier molecular flexibility index (Phi) is 6.60. The third-order valence-electron chi connectivity index (χ3n) is 3.27. The summed E-state index contributed by atoms with van der Waals surface area (Å²) in [5.41, 5.74) is 1.34. The highest BCUT2D eigenvalue weighted by Gasteiger charge is 2.15. The van der Waals surface area contributed by atoms with Gasteiger partial charge in [-0.2, -0.15) is 12.6 Å². The molecule has 0 aliphatic heterocycles. The fraction of sp³-hybridized carbons (Fsp3) is 0.643. The summed E-state index contributed by atoms with van der Waals surface area (Å²) in [6.45, 7) is 9.99. The Morgan fingerprint density at radius 2 is 1.94 bits per heavy atom. The lowest BCUT2D eigenvalue weighted by molar-refractivity contribution is 0.216. The lowest BCUT2D eigenvalue weighted by Crippen LogP contribution is -2.32.